The molecule has 0 aliphatic carbocycles. The molecule has 0 unspecified atom stereocenters. The fourth-order valence-electron chi connectivity index (χ4n) is 2.60. The third-order valence-corrected chi connectivity index (χ3v) is 3.65. The molecule has 4 nitrogen and oxygen atoms in total. The van der Waals surface area contributed by atoms with Crippen LogP contribution in [0.3, 0.4) is 0 Å². The largest absolute Gasteiger partial charge is 0.335 e. The van der Waals surface area contributed by atoms with E-state index in [1.807, 2.05) is 19.2 Å². The summed E-state index contributed by atoms with van der Waals surface area (Å²) in [6, 6.07) is 18.7. The number of imidazole rings is 1. The minimum atomic E-state index is 0.868. The molecule has 102 valence electrons. The fraction of sp³-hybridized carbons (Fsp3) is 0.0588. The van der Waals surface area contributed by atoms with Crippen molar-refractivity contribution in [2.45, 2.75) is 0 Å². The van der Waals surface area contributed by atoms with E-state index in [1.54, 1.807) is 10.9 Å². The number of nitrogens with one attached hydrogen (secondary N) is 1. The van der Waals surface area contributed by atoms with E-state index in [1.165, 1.54) is 11.1 Å². The summed E-state index contributed by atoms with van der Waals surface area (Å²) in [4.78, 5) is 8.02. The Labute approximate surface area is 122 Å². The minimum absolute atomic E-state index is 0.868. The van der Waals surface area contributed by atoms with Gasteiger partial charge in [0.1, 0.15) is 11.3 Å². The van der Waals surface area contributed by atoms with Gasteiger partial charge >= 0.3 is 0 Å². The van der Waals surface area contributed by atoms with Crippen molar-refractivity contribution < 1.29 is 0 Å². The first kappa shape index (κ1) is 11.9. The van der Waals surface area contributed by atoms with Crippen LogP contribution in [0.2, 0.25) is 0 Å². The molecule has 2 aromatic heterocycles. The number of H-pyrrole nitrogens is 1. The lowest BCUT2D eigenvalue weighted by atomic mass is 9.99. The summed E-state index contributed by atoms with van der Waals surface area (Å²) in [5.41, 5.74) is 5.28. The van der Waals surface area contributed by atoms with Crippen LogP contribution in [0.5, 0.6) is 0 Å². The predicted octanol–water partition coefficient (Wildman–Crippen LogP) is 3.63. The number of rotatable bonds is 2. The number of nitrogens with zero attached hydrogens (tertiary/aromatic N) is 3. The molecule has 0 spiro atoms. The Balaban J connectivity index is 1.92. The second-order valence-corrected chi connectivity index (χ2v) is 5.00. The Bertz CT molecular complexity index is 903. The Morgan fingerprint density at radius 2 is 1.62 bits per heavy atom. The summed E-state index contributed by atoms with van der Waals surface area (Å²) in [6.45, 7) is 0. The van der Waals surface area contributed by atoms with Crippen LogP contribution < -0.4 is 0 Å². The zero-order valence-corrected chi connectivity index (χ0v) is 11.6. The van der Waals surface area contributed by atoms with Gasteiger partial charge in [-0.1, -0.05) is 54.6 Å². The average molecular weight is 274 g/mol. The summed E-state index contributed by atoms with van der Waals surface area (Å²) in [6.07, 6.45) is 1.80. The van der Waals surface area contributed by atoms with E-state index in [0.717, 1.165) is 22.6 Å². The van der Waals surface area contributed by atoms with Crippen LogP contribution in [0.25, 0.3) is 33.7 Å². The number of hydrogen-bond donors (Lipinski definition) is 1. The van der Waals surface area contributed by atoms with Gasteiger partial charge in [-0.05, 0) is 11.1 Å². The predicted molar refractivity (Wildman–Crippen MR) is 83.7 cm³/mol. The lowest BCUT2D eigenvalue weighted by molar-refractivity contribution is 0.787. The molecule has 0 aliphatic heterocycles. The fourth-order valence-corrected chi connectivity index (χ4v) is 2.60. The van der Waals surface area contributed by atoms with E-state index in [0.29, 0.717) is 0 Å². The normalized spacial score (nSPS) is 11.1. The molecular weight excluding hydrogens is 260 g/mol. The smallest absolute Gasteiger partial charge is 0.176 e. The maximum absolute atomic E-state index is 4.67. The summed E-state index contributed by atoms with van der Waals surface area (Å²) in [5.74, 6) is 0.873. The first-order valence-electron chi connectivity index (χ1n) is 6.85. The first-order valence-corrected chi connectivity index (χ1v) is 6.85. The number of aromatic nitrogens is 4. The maximum Gasteiger partial charge on any atom is 0.176 e. The van der Waals surface area contributed by atoms with Crippen LogP contribution in [-0.4, -0.2) is 19.7 Å². The summed E-state index contributed by atoms with van der Waals surface area (Å²) in [7, 11) is 1.90. The van der Waals surface area contributed by atoms with E-state index in [4.69, 9.17) is 0 Å². The second-order valence-electron chi connectivity index (χ2n) is 5.00. The van der Waals surface area contributed by atoms with Gasteiger partial charge in [0, 0.05) is 12.6 Å². The SMILES string of the molecule is Cn1ncc2[nH]c(-c3ccccc3-c3ccccc3)nc21. The van der Waals surface area contributed by atoms with E-state index in [9.17, 15) is 0 Å². The van der Waals surface area contributed by atoms with Gasteiger partial charge in [-0.3, -0.25) is 0 Å². The van der Waals surface area contributed by atoms with Gasteiger partial charge in [0.25, 0.3) is 0 Å². The molecule has 21 heavy (non-hydrogen) atoms. The third kappa shape index (κ3) is 1.92. The Morgan fingerprint density at radius 3 is 2.38 bits per heavy atom. The molecule has 0 atom stereocenters. The maximum atomic E-state index is 4.67. The van der Waals surface area contributed by atoms with Gasteiger partial charge in [-0.2, -0.15) is 5.10 Å². The summed E-state index contributed by atoms with van der Waals surface area (Å²) < 4.78 is 1.78. The van der Waals surface area contributed by atoms with Gasteiger partial charge in [0.05, 0.1) is 6.20 Å². The molecule has 0 amide bonds. The molecule has 4 rings (SSSR count). The third-order valence-electron chi connectivity index (χ3n) is 3.65. The van der Waals surface area contributed by atoms with E-state index in [2.05, 4.69) is 57.5 Å². The number of aromatic amines is 1. The van der Waals surface area contributed by atoms with Crippen molar-refractivity contribution in [2.24, 2.45) is 7.05 Å². The lowest BCUT2D eigenvalue weighted by Gasteiger charge is -2.07. The highest BCUT2D eigenvalue weighted by molar-refractivity contribution is 5.84. The molecule has 2 heterocycles. The van der Waals surface area contributed by atoms with Gasteiger partial charge in [0.2, 0.25) is 0 Å². The molecule has 0 saturated carbocycles. The molecular formula is C17H14N4. The van der Waals surface area contributed by atoms with Crippen molar-refractivity contribution in [1.29, 1.82) is 0 Å². The Kier molecular flexibility index (Phi) is 2.60. The highest BCUT2D eigenvalue weighted by Crippen LogP contribution is 2.31. The van der Waals surface area contributed by atoms with Gasteiger partial charge in [-0.25, -0.2) is 9.67 Å². The van der Waals surface area contributed by atoms with Gasteiger partial charge in [-0.15, -0.1) is 0 Å². The van der Waals surface area contributed by atoms with Crippen molar-refractivity contribution in [3.05, 3.63) is 60.8 Å². The van der Waals surface area contributed by atoms with Crippen molar-refractivity contribution in [2.75, 3.05) is 0 Å². The minimum Gasteiger partial charge on any atom is -0.335 e. The number of fused-ring (bicyclic) bond motifs is 1. The van der Waals surface area contributed by atoms with E-state index < -0.39 is 0 Å². The van der Waals surface area contributed by atoms with Crippen LogP contribution in [0.15, 0.2) is 60.8 Å². The first-order chi connectivity index (χ1) is 10.3. The van der Waals surface area contributed by atoms with E-state index >= 15 is 0 Å². The average Bonchev–Trinajstić information content (AvgIpc) is 3.11. The highest BCUT2D eigenvalue weighted by atomic mass is 15.3. The van der Waals surface area contributed by atoms with Crippen molar-refractivity contribution in [3.8, 4) is 22.5 Å². The quantitative estimate of drug-likeness (QED) is 0.606. The van der Waals surface area contributed by atoms with Crippen LogP contribution in [0, 0.1) is 0 Å². The zero-order valence-electron chi connectivity index (χ0n) is 11.6. The summed E-state index contributed by atoms with van der Waals surface area (Å²) >= 11 is 0. The van der Waals surface area contributed by atoms with Crippen molar-refractivity contribution in [1.82, 2.24) is 19.7 Å². The monoisotopic (exact) mass is 274 g/mol. The van der Waals surface area contributed by atoms with Crippen molar-refractivity contribution >= 4 is 11.2 Å². The number of hydrogen-bond acceptors (Lipinski definition) is 2. The molecule has 0 radical (unpaired) electrons. The van der Waals surface area contributed by atoms with Crippen molar-refractivity contribution in [3.63, 3.8) is 0 Å². The molecule has 0 saturated heterocycles. The van der Waals surface area contributed by atoms with Gasteiger partial charge < -0.3 is 4.98 Å². The highest BCUT2D eigenvalue weighted by Gasteiger charge is 2.12. The van der Waals surface area contributed by atoms with E-state index in [-0.39, 0.29) is 0 Å². The standard InChI is InChI=1S/C17H14N4/c1-21-17-15(11-18-21)19-16(20-17)14-10-6-5-9-13(14)12-7-3-2-4-8-12/h2-11H,1H3,(H,19,20). The topological polar surface area (TPSA) is 46.5 Å². The molecule has 4 aromatic rings. The summed E-state index contributed by atoms with van der Waals surface area (Å²) in [5, 5.41) is 4.19. The van der Waals surface area contributed by atoms with Crippen LogP contribution in [-0.2, 0) is 7.05 Å². The van der Waals surface area contributed by atoms with Gasteiger partial charge in [0.15, 0.2) is 5.65 Å². The number of aryl methyl sites for hydroxylation is 1. The zero-order chi connectivity index (χ0) is 14.2. The molecule has 0 fully saturated rings. The second kappa shape index (κ2) is 4.59. The molecule has 1 N–H and O–H groups in total. The lowest BCUT2D eigenvalue weighted by Crippen LogP contribution is -1.91. The van der Waals surface area contributed by atoms with Crippen LogP contribution >= 0.6 is 0 Å². The van der Waals surface area contributed by atoms with Crippen LogP contribution in [0.1, 0.15) is 0 Å². The molecule has 2 aromatic carbocycles. The Hall–Kier alpha value is -2.88. The molecule has 0 aliphatic rings. The number of benzene rings is 2. The Morgan fingerprint density at radius 1 is 0.905 bits per heavy atom. The molecule has 0 bridgehead atoms. The molecule has 4 heteroatoms. The van der Waals surface area contributed by atoms with Crippen LogP contribution in [0.4, 0.5) is 0 Å².